The number of nitriles is 1. The zero-order chi connectivity index (χ0) is 22.1. The number of nitro benzene ring substituents is 1. The predicted molar refractivity (Wildman–Crippen MR) is 110 cm³/mol. The molecule has 4 rings (SSSR count). The molecule has 0 spiro atoms. The summed E-state index contributed by atoms with van der Waals surface area (Å²) in [5.41, 5.74) is 0.321. The second-order valence-electron chi connectivity index (χ2n) is 6.65. The number of benzene rings is 2. The molecular weight excluding hydrogens is 402 g/mol. The normalized spacial score (nSPS) is 10.6. The first-order valence-corrected chi connectivity index (χ1v) is 8.96. The van der Waals surface area contributed by atoms with E-state index in [1.165, 1.54) is 35.1 Å². The molecule has 10 nitrogen and oxygen atoms in total. The minimum atomic E-state index is -0.918. The van der Waals surface area contributed by atoms with E-state index in [0.29, 0.717) is 5.69 Å². The molecule has 10 heteroatoms. The van der Waals surface area contributed by atoms with Crippen LogP contribution in [0.15, 0.2) is 63.9 Å². The number of hydrogen-bond acceptors (Lipinski definition) is 7. The first kappa shape index (κ1) is 19.5. The summed E-state index contributed by atoms with van der Waals surface area (Å²) in [4.78, 5) is 35.6. The van der Waals surface area contributed by atoms with Crippen LogP contribution < -0.4 is 10.9 Å². The third-order valence-electron chi connectivity index (χ3n) is 4.57. The van der Waals surface area contributed by atoms with E-state index in [1.54, 1.807) is 12.1 Å². The monoisotopic (exact) mass is 415 g/mol. The van der Waals surface area contributed by atoms with E-state index in [1.807, 2.05) is 25.1 Å². The Labute approximate surface area is 174 Å². The molecule has 31 heavy (non-hydrogen) atoms. The number of nitro groups is 1. The molecule has 1 amide bonds. The van der Waals surface area contributed by atoms with Crippen LogP contribution in [-0.2, 0) is 0 Å². The molecule has 1 N–H and O–H groups in total. The maximum Gasteiger partial charge on any atom is 0.349 e. The van der Waals surface area contributed by atoms with Crippen LogP contribution in [0, 0.1) is 28.4 Å². The van der Waals surface area contributed by atoms with Crippen molar-refractivity contribution in [2.45, 2.75) is 6.92 Å². The highest BCUT2D eigenvalue weighted by molar-refractivity contribution is 6.05. The summed E-state index contributed by atoms with van der Waals surface area (Å²) in [5.74, 6) is -0.762. The number of non-ortho nitro benzene ring substituents is 1. The van der Waals surface area contributed by atoms with Crippen LogP contribution in [-0.4, -0.2) is 20.6 Å². The fraction of sp³-hybridized carbons (Fsp3) is 0.0476. The molecule has 0 atom stereocenters. The van der Waals surface area contributed by atoms with E-state index >= 15 is 0 Å². The average molecular weight is 415 g/mol. The molecule has 2 aromatic heterocycles. The van der Waals surface area contributed by atoms with Crippen molar-refractivity contribution >= 4 is 28.4 Å². The van der Waals surface area contributed by atoms with Crippen molar-refractivity contribution in [1.82, 2.24) is 9.78 Å². The van der Waals surface area contributed by atoms with Gasteiger partial charge in [-0.15, -0.1) is 0 Å². The van der Waals surface area contributed by atoms with Crippen molar-refractivity contribution in [2.24, 2.45) is 0 Å². The lowest BCUT2D eigenvalue weighted by molar-refractivity contribution is -0.384. The smallest absolute Gasteiger partial charge is 0.349 e. The molecule has 0 saturated carbocycles. The SMILES string of the molecule is Cc1ccc(-n2ncc(C#N)c2NC(=O)c2cc3cc([N+](=O)[O-])ccc3oc2=O)cc1. The Morgan fingerprint density at radius 2 is 1.97 bits per heavy atom. The summed E-state index contributed by atoms with van der Waals surface area (Å²) >= 11 is 0. The van der Waals surface area contributed by atoms with Crippen molar-refractivity contribution < 1.29 is 14.1 Å². The number of aryl methyl sites for hydroxylation is 1. The van der Waals surface area contributed by atoms with Crippen LogP contribution in [0.25, 0.3) is 16.7 Å². The Morgan fingerprint density at radius 3 is 2.65 bits per heavy atom. The molecule has 0 unspecified atom stereocenters. The first-order valence-electron chi connectivity index (χ1n) is 8.96. The number of nitrogens with one attached hydrogen (secondary N) is 1. The van der Waals surface area contributed by atoms with Crippen molar-refractivity contribution in [3.8, 4) is 11.8 Å². The lowest BCUT2D eigenvalue weighted by atomic mass is 10.1. The molecule has 0 radical (unpaired) electrons. The maximum absolute atomic E-state index is 12.8. The van der Waals surface area contributed by atoms with Gasteiger partial charge in [-0.05, 0) is 31.2 Å². The van der Waals surface area contributed by atoms with E-state index in [2.05, 4.69) is 10.4 Å². The summed E-state index contributed by atoms with van der Waals surface area (Å²) in [5, 5.41) is 27.3. The number of amides is 1. The number of rotatable bonds is 4. The minimum Gasteiger partial charge on any atom is -0.422 e. The number of carbonyl (C=O) groups excluding carboxylic acids is 1. The summed E-state index contributed by atoms with van der Waals surface area (Å²) in [6, 6.07) is 14.1. The van der Waals surface area contributed by atoms with Gasteiger partial charge in [0.1, 0.15) is 22.8 Å². The minimum absolute atomic E-state index is 0.0786. The van der Waals surface area contributed by atoms with Gasteiger partial charge in [-0.25, -0.2) is 9.48 Å². The second kappa shape index (κ2) is 7.57. The quantitative estimate of drug-likeness (QED) is 0.306. The van der Waals surface area contributed by atoms with Gasteiger partial charge in [-0.3, -0.25) is 14.9 Å². The summed E-state index contributed by atoms with van der Waals surface area (Å²) in [6.07, 6.45) is 1.29. The van der Waals surface area contributed by atoms with Crippen LogP contribution in [0.5, 0.6) is 0 Å². The zero-order valence-corrected chi connectivity index (χ0v) is 16.0. The third kappa shape index (κ3) is 3.63. The number of fused-ring (bicyclic) bond motifs is 1. The molecule has 0 aliphatic carbocycles. The molecule has 0 bridgehead atoms. The average Bonchev–Trinajstić information content (AvgIpc) is 3.15. The van der Waals surface area contributed by atoms with E-state index < -0.39 is 16.5 Å². The molecule has 2 aromatic carbocycles. The Morgan fingerprint density at radius 1 is 1.23 bits per heavy atom. The highest BCUT2D eigenvalue weighted by Gasteiger charge is 2.20. The maximum atomic E-state index is 12.8. The second-order valence-corrected chi connectivity index (χ2v) is 6.65. The number of hydrogen-bond donors (Lipinski definition) is 1. The van der Waals surface area contributed by atoms with Gasteiger partial charge in [-0.2, -0.15) is 10.4 Å². The zero-order valence-electron chi connectivity index (χ0n) is 16.0. The lowest BCUT2D eigenvalue weighted by Gasteiger charge is -2.10. The van der Waals surface area contributed by atoms with Crippen LogP contribution in [0.4, 0.5) is 11.5 Å². The molecule has 0 saturated heterocycles. The molecule has 0 aliphatic rings. The van der Waals surface area contributed by atoms with Crippen LogP contribution in [0.2, 0.25) is 0 Å². The first-order chi connectivity index (χ1) is 14.9. The van der Waals surface area contributed by atoms with Gasteiger partial charge in [0.2, 0.25) is 0 Å². The fourth-order valence-corrected chi connectivity index (χ4v) is 2.99. The van der Waals surface area contributed by atoms with Gasteiger partial charge in [0.15, 0.2) is 5.82 Å². The van der Waals surface area contributed by atoms with Gasteiger partial charge in [0, 0.05) is 17.5 Å². The van der Waals surface area contributed by atoms with Crippen LogP contribution in [0.1, 0.15) is 21.5 Å². The number of nitrogens with zero attached hydrogens (tertiary/aromatic N) is 4. The van der Waals surface area contributed by atoms with Gasteiger partial charge >= 0.3 is 5.63 Å². The number of aromatic nitrogens is 2. The van der Waals surface area contributed by atoms with Crippen molar-refractivity contribution in [3.63, 3.8) is 0 Å². The number of anilines is 1. The van der Waals surface area contributed by atoms with Gasteiger partial charge in [-0.1, -0.05) is 17.7 Å². The highest BCUT2D eigenvalue weighted by atomic mass is 16.6. The molecular formula is C21H13N5O5. The van der Waals surface area contributed by atoms with E-state index in [4.69, 9.17) is 4.42 Å². The Hall–Kier alpha value is -4.78. The summed E-state index contributed by atoms with van der Waals surface area (Å²) in [6.45, 7) is 1.92. The predicted octanol–water partition coefficient (Wildman–Crippen LogP) is 3.32. The Kier molecular flexibility index (Phi) is 4.77. The van der Waals surface area contributed by atoms with E-state index in [9.17, 15) is 25.0 Å². The van der Waals surface area contributed by atoms with Crippen molar-refractivity contribution in [3.05, 3.63) is 92.0 Å². The molecule has 0 aliphatic heterocycles. The largest absolute Gasteiger partial charge is 0.422 e. The van der Waals surface area contributed by atoms with Gasteiger partial charge < -0.3 is 9.73 Å². The van der Waals surface area contributed by atoms with Crippen molar-refractivity contribution in [1.29, 1.82) is 5.26 Å². The fourth-order valence-electron chi connectivity index (χ4n) is 2.99. The molecule has 2 heterocycles. The summed E-state index contributed by atoms with van der Waals surface area (Å²) < 4.78 is 6.49. The Bertz CT molecular complexity index is 1440. The number of carbonyl (C=O) groups is 1. The van der Waals surface area contributed by atoms with E-state index in [0.717, 1.165) is 5.56 Å². The third-order valence-corrected chi connectivity index (χ3v) is 4.57. The van der Waals surface area contributed by atoms with Gasteiger partial charge in [0.25, 0.3) is 11.6 Å². The molecule has 0 fully saturated rings. The molecule has 4 aromatic rings. The van der Waals surface area contributed by atoms with Crippen LogP contribution in [0.3, 0.4) is 0 Å². The topological polar surface area (TPSA) is 144 Å². The van der Waals surface area contributed by atoms with Crippen LogP contribution >= 0.6 is 0 Å². The molecule has 152 valence electrons. The van der Waals surface area contributed by atoms with E-state index in [-0.39, 0.29) is 33.6 Å². The lowest BCUT2D eigenvalue weighted by Crippen LogP contribution is -2.22. The highest BCUT2D eigenvalue weighted by Crippen LogP contribution is 2.23. The van der Waals surface area contributed by atoms with Crippen molar-refractivity contribution in [2.75, 3.05) is 5.32 Å². The standard InChI is InChI=1S/C21H13N5O5/c1-12-2-4-15(5-3-12)25-19(14(10-22)11-23-25)24-20(27)17-9-13-8-16(26(29)30)6-7-18(13)31-21(17)28/h2-9,11H,1H3,(H,24,27). The Balaban J connectivity index is 1.75. The summed E-state index contributed by atoms with van der Waals surface area (Å²) in [7, 11) is 0. The van der Waals surface area contributed by atoms with Gasteiger partial charge in [0.05, 0.1) is 16.8 Å².